The third kappa shape index (κ3) is 2.90. The van der Waals surface area contributed by atoms with Gasteiger partial charge < -0.3 is 14.8 Å². The van der Waals surface area contributed by atoms with Crippen molar-refractivity contribution >= 4 is 0 Å². The molecule has 3 heteroatoms. The van der Waals surface area contributed by atoms with Crippen LogP contribution in [0.5, 0.6) is 11.5 Å². The smallest absolute Gasteiger partial charge is 0.165 e. The standard InChI is InChI=1S/C12H15NO2/c1-4-8-13-9-10-6-5-7-11(14-2)12(10)15-3/h1,5-7,13H,8-9H2,2-3H3. The fourth-order valence-corrected chi connectivity index (χ4v) is 1.36. The molecule has 3 nitrogen and oxygen atoms in total. The van der Waals surface area contributed by atoms with E-state index in [2.05, 4.69) is 11.2 Å². The third-order valence-corrected chi connectivity index (χ3v) is 2.03. The van der Waals surface area contributed by atoms with Gasteiger partial charge in [-0.1, -0.05) is 18.1 Å². The average Bonchev–Trinajstić information content (AvgIpc) is 2.29. The van der Waals surface area contributed by atoms with Crippen LogP contribution in [0.3, 0.4) is 0 Å². The molecule has 0 heterocycles. The molecule has 0 aliphatic carbocycles. The molecule has 0 bridgehead atoms. The Morgan fingerprint density at radius 3 is 2.73 bits per heavy atom. The third-order valence-electron chi connectivity index (χ3n) is 2.03. The molecule has 0 saturated carbocycles. The van der Waals surface area contributed by atoms with E-state index in [0.29, 0.717) is 13.1 Å². The molecule has 0 aliphatic heterocycles. The molecule has 0 spiro atoms. The van der Waals surface area contributed by atoms with Gasteiger partial charge in [0, 0.05) is 12.1 Å². The second-order valence-electron chi connectivity index (χ2n) is 2.96. The molecule has 0 unspecified atom stereocenters. The molecule has 1 aromatic rings. The van der Waals surface area contributed by atoms with Crippen molar-refractivity contribution in [3.05, 3.63) is 23.8 Å². The van der Waals surface area contributed by atoms with Crippen LogP contribution in [0.4, 0.5) is 0 Å². The molecule has 0 aliphatic rings. The molecule has 1 N–H and O–H groups in total. The van der Waals surface area contributed by atoms with Gasteiger partial charge in [0.1, 0.15) is 0 Å². The van der Waals surface area contributed by atoms with Crippen molar-refractivity contribution in [3.63, 3.8) is 0 Å². The van der Waals surface area contributed by atoms with E-state index < -0.39 is 0 Å². The summed E-state index contributed by atoms with van der Waals surface area (Å²) in [6.07, 6.45) is 5.15. The fraction of sp³-hybridized carbons (Fsp3) is 0.333. The van der Waals surface area contributed by atoms with Crippen molar-refractivity contribution < 1.29 is 9.47 Å². The van der Waals surface area contributed by atoms with E-state index in [1.165, 1.54) is 0 Å². The van der Waals surface area contributed by atoms with Crippen LogP contribution in [0.15, 0.2) is 18.2 Å². The predicted molar refractivity (Wildman–Crippen MR) is 60.1 cm³/mol. The lowest BCUT2D eigenvalue weighted by molar-refractivity contribution is 0.351. The first-order chi connectivity index (χ1) is 7.33. The van der Waals surface area contributed by atoms with E-state index >= 15 is 0 Å². The Morgan fingerprint density at radius 1 is 1.33 bits per heavy atom. The maximum atomic E-state index is 5.28. The van der Waals surface area contributed by atoms with Crippen molar-refractivity contribution in [2.24, 2.45) is 0 Å². The Kier molecular flexibility index (Phi) is 4.52. The molecular formula is C12H15NO2. The number of ether oxygens (including phenoxy) is 2. The largest absolute Gasteiger partial charge is 0.493 e. The number of rotatable bonds is 5. The first-order valence-electron chi connectivity index (χ1n) is 4.67. The van der Waals surface area contributed by atoms with Gasteiger partial charge in [-0.3, -0.25) is 0 Å². The van der Waals surface area contributed by atoms with E-state index in [0.717, 1.165) is 17.1 Å². The highest BCUT2D eigenvalue weighted by atomic mass is 16.5. The fourth-order valence-electron chi connectivity index (χ4n) is 1.36. The van der Waals surface area contributed by atoms with Crippen molar-refractivity contribution in [2.75, 3.05) is 20.8 Å². The molecule has 0 atom stereocenters. The number of terminal acetylenes is 1. The first kappa shape index (κ1) is 11.4. The zero-order chi connectivity index (χ0) is 11.1. The summed E-state index contributed by atoms with van der Waals surface area (Å²) in [6.45, 7) is 1.21. The minimum atomic E-state index is 0.542. The van der Waals surface area contributed by atoms with Crippen LogP contribution in [-0.2, 0) is 6.54 Å². The Balaban J connectivity index is 2.82. The highest BCUT2D eigenvalue weighted by molar-refractivity contribution is 5.46. The maximum absolute atomic E-state index is 5.28. The normalized spacial score (nSPS) is 9.40. The average molecular weight is 205 g/mol. The van der Waals surface area contributed by atoms with Gasteiger partial charge in [-0.2, -0.15) is 0 Å². The number of benzene rings is 1. The summed E-state index contributed by atoms with van der Waals surface area (Å²) in [4.78, 5) is 0. The molecular weight excluding hydrogens is 190 g/mol. The summed E-state index contributed by atoms with van der Waals surface area (Å²) in [5.74, 6) is 4.01. The number of hydrogen-bond acceptors (Lipinski definition) is 3. The van der Waals surface area contributed by atoms with Gasteiger partial charge in [-0.05, 0) is 6.07 Å². The quantitative estimate of drug-likeness (QED) is 0.582. The summed E-state index contributed by atoms with van der Waals surface area (Å²) >= 11 is 0. The van der Waals surface area contributed by atoms with Crippen molar-refractivity contribution in [2.45, 2.75) is 6.54 Å². The molecule has 0 fully saturated rings. The zero-order valence-corrected chi connectivity index (χ0v) is 9.04. The Morgan fingerprint density at radius 2 is 2.13 bits per heavy atom. The van der Waals surface area contributed by atoms with Crippen molar-refractivity contribution in [3.8, 4) is 23.8 Å². The lowest BCUT2D eigenvalue weighted by Crippen LogP contribution is -2.13. The Labute approximate surface area is 90.4 Å². The topological polar surface area (TPSA) is 30.5 Å². The highest BCUT2D eigenvalue weighted by Gasteiger charge is 2.07. The van der Waals surface area contributed by atoms with Gasteiger partial charge in [0.25, 0.3) is 0 Å². The first-order valence-corrected chi connectivity index (χ1v) is 4.67. The molecule has 0 saturated heterocycles. The second kappa shape index (κ2) is 5.94. The van der Waals surface area contributed by atoms with Crippen LogP contribution in [0, 0.1) is 12.3 Å². The second-order valence-corrected chi connectivity index (χ2v) is 2.96. The van der Waals surface area contributed by atoms with Crippen molar-refractivity contribution in [1.82, 2.24) is 5.32 Å². The minimum Gasteiger partial charge on any atom is -0.493 e. The molecule has 0 amide bonds. The summed E-state index contributed by atoms with van der Waals surface area (Å²) in [5.41, 5.74) is 1.03. The van der Waals surface area contributed by atoms with E-state index in [1.807, 2.05) is 18.2 Å². The monoisotopic (exact) mass is 205 g/mol. The summed E-state index contributed by atoms with van der Waals surface area (Å²) in [6, 6.07) is 5.77. The molecule has 1 rings (SSSR count). The summed E-state index contributed by atoms with van der Waals surface area (Å²) in [5, 5.41) is 3.11. The summed E-state index contributed by atoms with van der Waals surface area (Å²) in [7, 11) is 3.25. The summed E-state index contributed by atoms with van der Waals surface area (Å²) < 4.78 is 10.5. The Bertz CT molecular complexity index is 355. The van der Waals surface area contributed by atoms with Gasteiger partial charge in [-0.25, -0.2) is 0 Å². The van der Waals surface area contributed by atoms with Gasteiger partial charge in [-0.15, -0.1) is 6.42 Å². The number of hydrogen-bond donors (Lipinski definition) is 1. The van der Waals surface area contributed by atoms with Gasteiger partial charge in [0.05, 0.1) is 20.8 Å². The predicted octanol–water partition coefficient (Wildman–Crippen LogP) is 1.43. The number of para-hydroxylation sites is 1. The van der Waals surface area contributed by atoms with Gasteiger partial charge >= 0.3 is 0 Å². The maximum Gasteiger partial charge on any atom is 0.165 e. The van der Waals surface area contributed by atoms with Crippen molar-refractivity contribution in [1.29, 1.82) is 0 Å². The number of nitrogens with one attached hydrogen (secondary N) is 1. The molecule has 0 radical (unpaired) electrons. The van der Waals surface area contributed by atoms with Gasteiger partial charge in [0.15, 0.2) is 11.5 Å². The molecule has 0 aromatic heterocycles. The lowest BCUT2D eigenvalue weighted by Gasteiger charge is -2.12. The highest BCUT2D eigenvalue weighted by Crippen LogP contribution is 2.30. The van der Waals surface area contributed by atoms with Crippen LogP contribution in [-0.4, -0.2) is 20.8 Å². The van der Waals surface area contributed by atoms with Crippen LogP contribution in [0.25, 0.3) is 0 Å². The van der Waals surface area contributed by atoms with E-state index in [-0.39, 0.29) is 0 Å². The van der Waals surface area contributed by atoms with Crippen LogP contribution < -0.4 is 14.8 Å². The van der Waals surface area contributed by atoms with Crippen LogP contribution >= 0.6 is 0 Å². The van der Waals surface area contributed by atoms with E-state index in [9.17, 15) is 0 Å². The molecule has 1 aromatic carbocycles. The minimum absolute atomic E-state index is 0.542. The number of methoxy groups -OCH3 is 2. The SMILES string of the molecule is C#CCNCc1cccc(OC)c1OC. The van der Waals surface area contributed by atoms with E-state index in [1.54, 1.807) is 14.2 Å². The molecule has 80 valence electrons. The van der Waals surface area contributed by atoms with Crippen LogP contribution in [0.1, 0.15) is 5.56 Å². The lowest BCUT2D eigenvalue weighted by atomic mass is 10.2. The van der Waals surface area contributed by atoms with Crippen LogP contribution in [0.2, 0.25) is 0 Å². The molecule has 15 heavy (non-hydrogen) atoms. The zero-order valence-electron chi connectivity index (χ0n) is 9.04. The Hall–Kier alpha value is -1.66. The van der Waals surface area contributed by atoms with E-state index in [4.69, 9.17) is 15.9 Å². The van der Waals surface area contributed by atoms with Gasteiger partial charge in [0.2, 0.25) is 0 Å².